The third-order valence-corrected chi connectivity index (χ3v) is 4.11. The summed E-state index contributed by atoms with van der Waals surface area (Å²) in [5.41, 5.74) is 3.53. The molecule has 0 saturated heterocycles. The van der Waals surface area contributed by atoms with Crippen LogP contribution in [0.15, 0.2) is 47.6 Å². The second kappa shape index (κ2) is 4.81. The first kappa shape index (κ1) is 14.4. The summed E-state index contributed by atoms with van der Waals surface area (Å²) in [6.45, 7) is 13.7. The molecule has 0 nitrogen and oxygen atoms in total. The minimum Gasteiger partial charge on any atom is -0.0773 e. The van der Waals surface area contributed by atoms with Gasteiger partial charge in [0.2, 0.25) is 0 Å². The van der Waals surface area contributed by atoms with Crippen molar-refractivity contribution in [2.45, 2.75) is 48.0 Å². The second-order valence-corrected chi connectivity index (χ2v) is 8.03. The zero-order valence-electron chi connectivity index (χ0n) is 13.3. The van der Waals surface area contributed by atoms with Crippen LogP contribution in [0.3, 0.4) is 0 Å². The standard InChI is InChI=1S/C19H28/c1-18(2,3)16-9-7-14(12-16)11-15-8-10-17(13-15)19(4,5)6/h7-10,12-15H,11H2,1-6H3. The van der Waals surface area contributed by atoms with Crippen LogP contribution in [0, 0.1) is 22.7 Å². The molecule has 2 unspecified atom stereocenters. The highest BCUT2D eigenvalue weighted by Crippen LogP contribution is 2.37. The lowest BCUT2D eigenvalue weighted by Gasteiger charge is -2.19. The van der Waals surface area contributed by atoms with Crippen LogP contribution in [-0.4, -0.2) is 0 Å². The first-order valence-corrected chi connectivity index (χ1v) is 7.47. The predicted molar refractivity (Wildman–Crippen MR) is 85.0 cm³/mol. The van der Waals surface area contributed by atoms with Crippen LogP contribution in [0.5, 0.6) is 0 Å². The fraction of sp³-hybridized carbons (Fsp3) is 0.579. The van der Waals surface area contributed by atoms with Gasteiger partial charge in [0.1, 0.15) is 0 Å². The van der Waals surface area contributed by atoms with Crippen molar-refractivity contribution in [3.63, 3.8) is 0 Å². The molecule has 2 atom stereocenters. The van der Waals surface area contributed by atoms with Crippen LogP contribution in [0.25, 0.3) is 0 Å². The van der Waals surface area contributed by atoms with Crippen LogP contribution in [0.2, 0.25) is 0 Å². The molecule has 19 heavy (non-hydrogen) atoms. The molecule has 2 aliphatic carbocycles. The van der Waals surface area contributed by atoms with Gasteiger partial charge < -0.3 is 0 Å². The van der Waals surface area contributed by atoms with Gasteiger partial charge in [0, 0.05) is 0 Å². The van der Waals surface area contributed by atoms with Crippen molar-refractivity contribution in [3.05, 3.63) is 47.6 Å². The van der Waals surface area contributed by atoms with Crippen molar-refractivity contribution in [1.29, 1.82) is 0 Å². The topological polar surface area (TPSA) is 0 Å². The molecule has 0 aliphatic heterocycles. The highest BCUT2D eigenvalue weighted by molar-refractivity contribution is 5.36. The first-order valence-electron chi connectivity index (χ1n) is 7.47. The van der Waals surface area contributed by atoms with Crippen molar-refractivity contribution in [2.75, 3.05) is 0 Å². The Labute approximate surface area is 119 Å². The van der Waals surface area contributed by atoms with Crippen molar-refractivity contribution in [2.24, 2.45) is 22.7 Å². The van der Waals surface area contributed by atoms with E-state index in [1.807, 2.05) is 0 Å². The smallest absolute Gasteiger partial charge is 0.00357 e. The maximum absolute atomic E-state index is 2.46. The molecule has 0 N–H and O–H groups in total. The van der Waals surface area contributed by atoms with E-state index in [1.54, 1.807) is 0 Å². The molecule has 0 aromatic heterocycles. The van der Waals surface area contributed by atoms with Gasteiger partial charge in [-0.3, -0.25) is 0 Å². The van der Waals surface area contributed by atoms with Gasteiger partial charge in [-0.2, -0.15) is 0 Å². The number of hydrogen-bond acceptors (Lipinski definition) is 0. The Morgan fingerprint density at radius 3 is 1.37 bits per heavy atom. The van der Waals surface area contributed by atoms with E-state index in [-0.39, 0.29) is 10.8 Å². The average Bonchev–Trinajstić information content (AvgIpc) is 2.84. The Balaban J connectivity index is 2.00. The lowest BCUT2D eigenvalue weighted by Crippen LogP contribution is -2.07. The monoisotopic (exact) mass is 256 g/mol. The van der Waals surface area contributed by atoms with Gasteiger partial charge in [-0.15, -0.1) is 0 Å². The molecule has 104 valence electrons. The summed E-state index contributed by atoms with van der Waals surface area (Å²) in [7, 11) is 0. The largest absolute Gasteiger partial charge is 0.0773 e. The zero-order chi connectivity index (χ0) is 14.3. The maximum Gasteiger partial charge on any atom is -0.00357 e. The number of rotatable bonds is 2. The Hall–Kier alpha value is -1.04. The van der Waals surface area contributed by atoms with Crippen molar-refractivity contribution >= 4 is 0 Å². The normalized spacial score (nSPS) is 26.8. The summed E-state index contributed by atoms with van der Waals surface area (Å²) in [6.07, 6.45) is 15.5. The second-order valence-electron chi connectivity index (χ2n) is 8.03. The van der Waals surface area contributed by atoms with Crippen LogP contribution < -0.4 is 0 Å². The summed E-state index contributed by atoms with van der Waals surface area (Å²) in [5, 5.41) is 0. The molecular weight excluding hydrogens is 228 g/mol. The summed E-state index contributed by atoms with van der Waals surface area (Å²) in [4.78, 5) is 0. The Morgan fingerprint density at radius 2 is 1.11 bits per heavy atom. The molecule has 0 aromatic rings. The van der Waals surface area contributed by atoms with Crippen molar-refractivity contribution < 1.29 is 0 Å². The molecule has 0 heteroatoms. The van der Waals surface area contributed by atoms with Gasteiger partial charge in [-0.05, 0) is 40.2 Å². The van der Waals surface area contributed by atoms with E-state index in [2.05, 4.69) is 78.0 Å². The zero-order valence-corrected chi connectivity index (χ0v) is 13.3. The van der Waals surface area contributed by atoms with Crippen LogP contribution in [-0.2, 0) is 0 Å². The van der Waals surface area contributed by atoms with E-state index in [4.69, 9.17) is 0 Å². The summed E-state index contributed by atoms with van der Waals surface area (Å²) >= 11 is 0. The molecule has 0 aromatic carbocycles. The molecule has 0 radical (unpaired) electrons. The third-order valence-electron chi connectivity index (χ3n) is 4.11. The van der Waals surface area contributed by atoms with E-state index in [1.165, 1.54) is 17.6 Å². The van der Waals surface area contributed by atoms with Gasteiger partial charge in [0.05, 0.1) is 0 Å². The van der Waals surface area contributed by atoms with Gasteiger partial charge in [-0.25, -0.2) is 0 Å². The number of allylic oxidation sites excluding steroid dienone is 8. The molecule has 0 spiro atoms. The van der Waals surface area contributed by atoms with E-state index < -0.39 is 0 Å². The third kappa shape index (κ3) is 3.49. The quantitative estimate of drug-likeness (QED) is 0.595. The van der Waals surface area contributed by atoms with Crippen LogP contribution in [0.1, 0.15) is 48.0 Å². The van der Waals surface area contributed by atoms with E-state index in [9.17, 15) is 0 Å². The van der Waals surface area contributed by atoms with Gasteiger partial charge >= 0.3 is 0 Å². The fourth-order valence-corrected chi connectivity index (χ4v) is 2.75. The minimum absolute atomic E-state index is 0.281. The molecular formula is C19H28. The number of hydrogen-bond donors (Lipinski definition) is 0. The summed E-state index contributed by atoms with van der Waals surface area (Å²) < 4.78 is 0. The SMILES string of the molecule is CC(C)(C)C1=CC(CC2C=CC(C(C)(C)C)=C2)C=C1. The molecule has 0 heterocycles. The molecule has 0 fully saturated rings. The molecule has 0 bridgehead atoms. The summed E-state index contributed by atoms with van der Waals surface area (Å²) in [5.74, 6) is 1.22. The minimum atomic E-state index is 0.281. The maximum atomic E-state index is 2.46. The highest BCUT2D eigenvalue weighted by atomic mass is 14.3. The molecule has 2 aliphatic rings. The van der Waals surface area contributed by atoms with Crippen LogP contribution >= 0.6 is 0 Å². The van der Waals surface area contributed by atoms with Gasteiger partial charge in [-0.1, -0.05) is 78.0 Å². The van der Waals surface area contributed by atoms with E-state index in [0.717, 1.165) is 0 Å². The van der Waals surface area contributed by atoms with E-state index in [0.29, 0.717) is 11.8 Å². The Bertz CT molecular complexity index is 411. The van der Waals surface area contributed by atoms with Crippen molar-refractivity contribution in [3.8, 4) is 0 Å². The average molecular weight is 256 g/mol. The molecule has 2 rings (SSSR count). The highest BCUT2D eigenvalue weighted by Gasteiger charge is 2.24. The van der Waals surface area contributed by atoms with Crippen LogP contribution in [0.4, 0.5) is 0 Å². The fourth-order valence-electron chi connectivity index (χ4n) is 2.75. The first-order chi connectivity index (χ1) is 8.66. The molecule has 0 amide bonds. The lowest BCUT2D eigenvalue weighted by atomic mass is 9.86. The Morgan fingerprint density at radius 1 is 0.737 bits per heavy atom. The molecule has 0 saturated carbocycles. The van der Waals surface area contributed by atoms with Gasteiger partial charge in [0.15, 0.2) is 0 Å². The predicted octanol–water partition coefficient (Wildman–Crippen LogP) is 5.69. The summed E-state index contributed by atoms with van der Waals surface area (Å²) in [6, 6.07) is 0. The lowest BCUT2D eigenvalue weighted by molar-refractivity contribution is 0.511. The van der Waals surface area contributed by atoms with Crippen molar-refractivity contribution in [1.82, 2.24) is 0 Å². The van der Waals surface area contributed by atoms with E-state index >= 15 is 0 Å². The Kier molecular flexibility index (Phi) is 3.64. The van der Waals surface area contributed by atoms with Gasteiger partial charge in [0.25, 0.3) is 0 Å².